The molecule has 1 fully saturated rings. The molecule has 0 heterocycles. The van der Waals surface area contributed by atoms with Gasteiger partial charge in [-0.2, -0.15) is 0 Å². The Morgan fingerprint density at radius 1 is 0.783 bits per heavy atom. The van der Waals surface area contributed by atoms with Crippen LogP contribution in [0.1, 0.15) is 36.8 Å². The van der Waals surface area contributed by atoms with Gasteiger partial charge in [0, 0.05) is 39.6 Å². The zero-order valence-corrected chi connectivity index (χ0v) is 28.1. The largest absolute Gasteiger partial charge is 0.352 e. The molecule has 0 spiro atoms. The summed E-state index contributed by atoms with van der Waals surface area (Å²) in [4.78, 5) is 30.1. The van der Waals surface area contributed by atoms with E-state index in [1.807, 2.05) is 30.3 Å². The van der Waals surface area contributed by atoms with Crippen molar-refractivity contribution in [2.24, 2.45) is 0 Å². The van der Waals surface area contributed by atoms with Crippen molar-refractivity contribution in [2.75, 3.05) is 10.8 Å². The first-order valence-electron chi connectivity index (χ1n) is 15.0. The minimum Gasteiger partial charge on any atom is -0.352 e. The van der Waals surface area contributed by atoms with E-state index >= 15 is 0 Å². The Balaban J connectivity index is 1.58. The maximum absolute atomic E-state index is 14.6. The third-order valence-corrected chi connectivity index (χ3v) is 10.8. The van der Waals surface area contributed by atoms with E-state index < -0.39 is 28.5 Å². The molecule has 0 aromatic heterocycles. The van der Waals surface area contributed by atoms with E-state index in [2.05, 4.69) is 5.32 Å². The summed E-state index contributed by atoms with van der Waals surface area (Å²) in [6, 6.07) is 27.5. The number of benzene rings is 4. The number of carbonyl (C=O) groups excluding carboxylic acids is 2. The Kier molecular flexibility index (Phi) is 11.3. The summed E-state index contributed by atoms with van der Waals surface area (Å²) in [5.41, 5.74) is 1.53. The van der Waals surface area contributed by atoms with E-state index in [0.717, 1.165) is 35.6 Å². The van der Waals surface area contributed by atoms with Crippen molar-refractivity contribution < 1.29 is 18.0 Å². The predicted octanol–water partition coefficient (Wildman–Crippen LogP) is 7.54. The molecule has 1 aliphatic rings. The molecule has 5 rings (SSSR count). The highest BCUT2D eigenvalue weighted by atomic mass is 35.5. The lowest BCUT2D eigenvalue weighted by molar-refractivity contribution is -0.140. The van der Waals surface area contributed by atoms with E-state index in [1.54, 1.807) is 60.7 Å². The van der Waals surface area contributed by atoms with Crippen LogP contribution in [-0.2, 0) is 32.6 Å². The van der Waals surface area contributed by atoms with Crippen LogP contribution in [0.4, 0.5) is 5.69 Å². The average molecular weight is 699 g/mol. The van der Waals surface area contributed by atoms with Crippen molar-refractivity contribution in [3.05, 3.63) is 129 Å². The number of rotatable bonds is 12. The molecule has 1 saturated carbocycles. The molecule has 1 aliphatic carbocycles. The molecule has 4 aromatic carbocycles. The maximum Gasteiger partial charge on any atom is 0.264 e. The Morgan fingerprint density at radius 3 is 1.98 bits per heavy atom. The highest BCUT2D eigenvalue weighted by Gasteiger charge is 2.36. The van der Waals surface area contributed by atoms with Gasteiger partial charge in [-0.1, -0.05) is 102 Å². The molecule has 0 bridgehead atoms. The first kappa shape index (κ1) is 33.8. The molecule has 240 valence electrons. The van der Waals surface area contributed by atoms with Crippen LogP contribution < -0.4 is 9.62 Å². The normalized spacial score (nSPS) is 14.1. The summed E-state index contributed by atoms with van der Waals surface area (Å²) in [5.74, 6) is -0.927. The number of amides is 2. The Morgan fingerprint density at radius 2 is 1.37 bits per heavy atom. The van der Waals surface area contributed by atoms with Crippen LogP contribution in [0.5, 0.6) is 0 Å². The number of halogens is 3. The van der Waals surface area contributed by atoms with Crippen LogP contribution >= 0.6 is 34.8 Å². The summed E-state index contributed by atoms with van der Waals surface area (Å²) in [7, 11) is -4.22. The summed E-state index contributed by atoms with van der Waals surface area (Å²) in [5, 5.41) is 4.21. The quantitative estimate of drug-likeness (QED) is 0.166. The van der Waals surface area contributed by atoms with Crippen molar-refractivity contribution in [1.29, 1.82) is 0 Å². The highest BCUT2D eigenvalue weighted by Crippen LogP contribution is 2.30. The number of sulfonamides is 1. The van der Waals surface area contributed by atoms with Gasteiger partial charge in [0.1, 0.15) is 12.6 Å². The van der Waals surface area contributed by atoms with Gasteiger partial charge >= 0.3 is 0 Å². The number of hydrogen-bond donors (Lipinski definition) is 1. The minimum atomic E-state index is -4.22. The SMILES string of the molecule is O=C(NC1CCCC1)C(Cc1ccccc1)N(Cc1c(Cl)cccc1Cl)C(=O)CN(c1ccc(Cl)cc1)S(=O)(=O)c1ccccc1. The second kappa shape index (κ2) is 15.4. The third kappa shape index (κ3) is 8.23. The van der Waals surface area contributed by atoms with Crippen LogP contribution in [-0.4, -0.2) is 43.8 Å². The topological polar surface area (TPSA) is 86.8 Å². The zero-order valence-electron chi connectivity index (χ0n) is 25.0. The number of nitrogens with one attached hydrogen (secondary N) is 1. The summed E-state index contributed by atoms with van der Waals surface area (Å²) in [6.07, 6.45) is 3.93. The van der Waals surface area contributed by atoms with Gasteiger partial charge in [-0.05, 0) is 66.9 Å². The van der Waals surface area contributed by atoms with Crippen LogP contribution in [0.2, 0.25) is 15.1 Å². The molecule has 4 aromatic rings. The van der Waals surface area contributed by atoms with Gasteiger partial charge in [-0.3, -0.25) is 13.9 Å². The molecule has 1 atom stereocenters. The zero-order chi connectivity index (χ0) is 32.7. The van der Waals surface area contributed by atoms with Crippen molar-refractivity contribution in [3.8, 4) is 0 Å². The molecular formula is C35H34Cl3N3O4S. The van der Waals surface area contributed by atoms with Crippen molar-refractivity contribution in [2.45, 2.75) is 55.6 Å². The van der Waals surface area contributed by atoms with Crippen molar-refractivity contribution in [1.82, 2.24) is 10.2 Å². The fourth-order valence-electron chi connectivity index (χ4n) is 5.63. The number of anilines is 1. The fourth-order valence-corrected chi connectivity index (χ4v) is 7.71. The molecule has 1 N–H and O–H groups in total. The van der Waals surface area contributed by atoms with Crippen LogP contribution in [0.3, 0.4) is 0 Å². The molecule has 0 radical (unpaired) electrons. The van der Waals surface area contributed by atoms with E-state index in [9.17, 15) is 18.0 Å². The Labute approximate surface area is 285 Å². The maximum atomic E-state index is 14.6. The van der Waals surface area contributed by atoms with Crippen molar-refractivity contribution >= 4 is 62.3 Å². The first-order chi connectivity index (χ1) is 22.1. The summed E-state index contributed by atoms with van der Waals surface area (Å²) < 4.78 is 29.2. The average Bonchev–Trinajstić information content (AvgIpc) is 3.57. The van der Waals surface area contributed by atoms with Gasteiger partial charge in [0.25, 0.3) is 10.0 Å². The summed E-state index contributed by atoms with van der Waals surface area (Å²) in [6.45, 7) is -0.713. The van der Waals surface area contributed by atoms with Crippen LogP contribution in [0.25, 0.3) is 0 Å². The second-order valence-corrected chi connectivity index (χ2v) is 14.3. The molecule has 0 aliphatic heterocycles. The van der Waals surface area contributed by atoms with Gasteiger partial charge in [0.2, 0.25) is 11.8 Å². The molecule has 7 nitrogen and oxygen atoms in total. The lowest BCUT2D eigenvalue weighted by Gasteiger charge is -2.34. The van der Waals surface area contributed by atoms with Gasteiger partial charge in [0.15, 0.2) is 0 Å². The third-order valence-electron chi connectivity index (χ3n) is 8.09. The molecule has 11 heteroatoms. The highest BCUT2D eigenvalue weighted by molar-refractivity contribution is 7.92. The van der Waals surface area contributed by atoms with E-state index in [-0.39, 0.29) is 35.5 Å². The van der Waals surface area contributed by atoms with Gasteiger partial charge in [-0.15, -0.1) is 0 Å². The van der Waals surface area contributed by atoms with Crippen LogP contribution in [0, 0.1) is 0 Å². The molecule has 0 saturated heterocycles. The van der Waals surface area contributed by atoms with Crippen molar-refractivity contribution in [3.63, 3.8) is 0 Å². The number of hydrogen-bond acceptors (Lipinski definition) is 4. The lowest BCUT2D eigenvalue weighted by Crippen LogP contribution is -2.54. The van der Waals surface area contributed by atoms with Gasteiger partial charge in [0.05, 0.1) is 10.6 Å². The molecule has 1 unspecified atom stereocenters. The van der Waals surface area contributed by atoms with Crippen LogP contribution in [0.15, 0.2) is 108 Å². The Hall–Kier alpha value is -3.56. The second-order valence-electron chi connectivity index (χ2n) is 11.2. The lowest BCUT2D eigenvalue weighted by atomic mass is 10.0. The minimum absolute atomic E-state index is 0.00403. The number of carbonyl (C=O) groups is 2. The Bertz CT molecular complexity index is 1730. The summed E-state index contributed by atoms with van der Waals surface area (Å²) >= 11 is 19.3. The predicted molar refractivity (Wildman–Crippen MR) is 184 cm³/mol. The monoisotopic (exact) mass is 697 g/mol. The fraction of sp³-hybridized carbons (Fsp3) is 0.257. The van der Waals surface area contributed by atoms with Gasteiger partial charge < -0.3 is 10.2 Å². The standard InChI is InChI=1S/C35H34Cl3N3O4S/c36-26-18-20-28(21-19-26)41(46(44,45)29-14-5-2-6-15-29)24-34(42)40(23-30-31(37)16-9-17-32(30)38)33(22-25-10-3-1-4-11-25)35(43)39-27-12-7-8-13-27/h1-6,9-11,14-21,27,33H,7-8,12-13,22-24H2,(H,39,43). The molecular weight excluding hydrogens is 665 g/mol. The van der Waals surface area contributed by atoms with E-state index in [1.165, 1.54) is 17.0 Å². The smallest absolute Gasteiger partial charge is 0.264 e. The van der Waals surface area contributed by atoms with E-state index in [4.69, 9.17) is 34.8 Å². The van der Waals surface area contributed by atoms with E-state index in [0.29, 0.717) is 20.6 Å². The number of nitrogens with zero attached hydrogens (tertiary/aromatic N) is 2. The van der Waals surface area contributed by atoms with Gasteiger partial charge in [-0.25, -0.2) is 8.42 Å². The molecule has 46 heavy (non-hydrogen) atoms. The molecule has 2 amide bonds. The first-order valence-corrected chi connectivity index (χ1v) is 17.6.